The third kappa shape index (κ3) is 3.11. The molecule has 1 aromatic heterocycles. The van der Waals surface area contributed by atoms with Crippen LogP contribution in [0.25, 0.3) is 11.1 Å². The van der Waals surface area contributed by atoms with Crippen molar-refractivity contribution in [2.45, 2.75) is 12.8 Å². The number of halogens is 1. The number of carboxylic acid groups (broad SMARTS) is 1. The third-order valence-electron chi connectivity index (χ3n) is 4.07. The minimum atomic E-state index is -0.888. The number of benzene rings is 1. The maximum Gasteiger partial charge on any atom is 0.308 e. The van der Waals surface area contributed by atoms with Crippen LogP contribution in [0.1, 0.15) is 23.4 Å². The van der Waals surface area contributed by atoms with Crippen molar-refractivity contribution in [2.24, 2.45) is 5.92 Å². The van der Waals surface area contributed by atoms with Crippen LogP contribution in [0.5, 0.6) is 0 Å². The van der Waals surface area contributed by atoms with Crippen molar-refractivity contribution < 1.29 is 23.5 Å². The maximum absolute atomic E-state index is 13.0. The summed E-state index contributed by atoms with van der Waals surface area (Å²) in [6.45, 7) is 0.684. The number of hydrogen-bond acceptors (Lipinski definition) is 3. The Labute approximate surface area is 132 Å². The van der Waals surface area contributed by atoms with Crippen LogP contribution < -0.4 is 0 Å². The van der Waals surface area contributed by atoms with E-state index in [9.17, 15) is 14.0 Å². The van der Waals surface area contributed by atoms with Gasteiger partial charge in [-0.05, 0) is 36.6 Å². The van der Waals surface area contributed by atoms with Crippen LogP contribution in [-0.2, 0) is 4.79 Å². The minimum Gasteiger partial charge on any atom is -0.481 e. The molecule has 0 bridgehead atoms. The van der Waals surface area contributed by atoms with E-state index >= 15 is 0 Å². The molecule has 1 saturated heterocycles. The van der Waals surface area contributed by atoms with Gasteiger partial charge in [0.2, 0.25) is 0 Å². The van der Waals surface area contributed by atoms with Gasteiger partial charge in [0.1, 0.15) is 5.82 Å². The zero-order valence-electron chi connectivity index (χ0n) is 12.4. The van der Waals surface area contributed by atoms with Gasteiger partial charge in [0.05, 0.1) is 12.2 Å². The molecule has 2 heterocycles. The van der Waals surface area contributed by atoms with E-state index in [2.05, 4.69) is 0 Å². The van der Waals surface area contributed by atoms with Crippen LogP contribution in [0.15, 0.2) is 41.0 Å². The molecule has 0 unspecified atom stereocenters. The highest BCUT2D eigenvalue weighted by Gasteiger charge is 2.31. The van der Waals surface area contributed by atoms with E-state index in [1.165, 1.54) is 23.3 Å². The smallest absolute Gasteiger partial charge is 0.308 e. The van der Waals surface area contributed by atoms with Gasteiger partial charge in [-0.15, -0.1) is 0 Å². The average Bonchev–Trinajstić information content (AvgIpc) is 3.04. The van der Waals surface area contributed by atoms with Crippen molar-refractivity contribution in [1.82, 2.24) is 4.90 Å². The molecule has 1 aliphatic heterocycles. The highest BCUT2D eigenvalue weighted by Crippen LogP contribution is 2.28. The highest BCUT2D eigenvalue weighted by atomic mass is 19.1. The first-order valence-electron chi connectivity index (χ1n) is 7.42. The summed E-state index contributed by atoms with van der Waals surface area (Å²) in [7, 11) is 0. The molecule has 1 aromatic carbocycles. The zero-order valence-corrected chi connectivity index (χ0v) is 12.4. The van der Waals surface area contributed by atoms with Crippen molar-refractivity contribution >= 4 is 11.9 Å². The molecular weight excluding hydrogens is 301 g/mol. The Morgan fingerprint density at radius 2 is 1.96 bits per heavy atom. The predicted molar refractivity (Wildman–Crippen MR) is 80.4 cm³/mol. The molecule has 1 N–H and O–H groups in total. The summed E-state index contributed by atoms with van der Waals surface area (Å²) in [5, 5.41) is 9.13. The summed E-state index contributed by atoms with van der Waals surface area (Å²) in [5.41, 5.74) is 1.25. The fraction of sp³-hybridized carbons (Fsp3) is 0.294. The van der Waals surface area contributed by atoms with Crippen molar-refractivity contribution in [2.75, 3.05) is 13.1 Å². The summed E-state index contributed by atoms with van der Waals surface area (Å²) in [5.74, 6) is -1.97. The van der Waals surface area contributed by atoms with E-state index in [-0.39, 0.29) is 24.0 Å². The van der Waals surface area contributed by atoms with Crippen LogP contribution in [0, 0.1) is 11.7 Å². The lowest BCUT2D eigenvalue weighted by atomic mass is 9.97. The number of nitrogens with zero attached hydrogens (tertiary/aromatic N) is 1. The van der Waals surface area contributed by atoms with Gasteiger partial charge in [-0.25, -0.2) is 4.39 Å². The van der Waals surface area contributed by atoms with E-state index in [1.54, 1.807) is 18.2 Å². The Kier molecular flexibility index (Phi) is 4.14. The van der Waals surface area contributed by atoms with Crippen molar-refractivity contribution in [3.05, 3.63) is 48.2 Å². The van der Waals surface area contributed by atoms with Gasteiger partial charge in [0, 0.05) is 18.7 Å². The summed E-state index contributed by atoms with van der Waals surface area (Å²) in [6, 6.07) is 7.44. The standard InChI is InChI=1S/C17H16FNO4/c18-13-5-3-11(4-6-13)14-7-9-23-15(14)16(20)19-8-1-2-12(10-19)17(21)22/h3-7,9,12H,1-2,8,10H2,(H,21,22)/t12-/m1/s1. The number of carboxylic acids is 1. The van der Waals surface area contributed by atoms with Crippen LogP contribution >= 0.6 is 0 Å². The van der Waals surface area contributed by atoms with Gasteiger partial charge in [0.25, 0.3) is 5.91 Å². The molecule has 0 radical (unpaired) electrons. The number of amides is 1. The molecular formula is C17H16FNO4. The third-order valence-corrected chi connectivity index (χ3v) is 4.07. The number of furan rings is 1. The van der Waals surface area contributed by atoms with Crippen LogP contribution in [-0.4, -0.2) is 35.0 Å². The molecule has 6 heteroatoms. The number of hydrogen-bond donors (Lipinski definition) is 1. The molecule has 3 rings (SSSR count). The van der Waals surface area contributed by atoms with E-state index in [1.807, 2.05) is 0 Å². The van der Waals surface area contributed by atoms with Crippen LogP contribution in [0.2, 0.25) is 0 Å². The molecule has 23 heavy (non-hydrogen) atoms. The minimum absolute atomic E-state index is 0.155. The average molecular weight is 317 g/mol. The van der Waals surface area contributed by atoms with Crippen LogP contribution in [0.3, 0.4) is 0 Å². The quantitative estimate of drug-likeness (QED) is 0.944. The van der Waals surface area contributed by atoms with Crippen molar-refractivity contribution in [3.8, 4) is 11.1 Å². The van der Waals surface area contributed by atoms with Gasteiger partial charge in [-0.1, -0.05) is 12.1 Å². The number of carbonyl (C=O) groups is 2. The van der Waals surface area contributed by atoms with Crippen molar-refractivity contribution in [1.29, 1.82) is 0 Å². The van der Waals surface area contributed by atoms with E-state index in [0.717, 1.165) is 0 Å². The van der Waals surface area contributed by atoms with E-state index in [4.69, 9.17) is 9.52 Å². The monoisotopic (exact) mass is 317 g/mol. The number of carbonyl (C=O) groups excluding carboxylic acids is 1. The summed E-state index contributed by atoms with van der Waals surface area (Å²) in [6.07, 6.45) is 2.63. The molecule has 0 aliphatic carbocycles. The number of aliphatic carboxylic acids is 1. The fourth-order valence-electron chi connectivity index (χ4n) is 2.84. The van der Waals surface area contributed by atoms with Gasteiger partial charge < -0.3 is 14.4 Å². The Bertz CT molecular complexity index is 722. The Hall–Kier alpha value is -2.63. The highest BCUT2D eigenvalue weighted by molar-refractivity contribution is 5.98. The lowest BCUT2D eigenvalue weighted by Crippen LogP contribution is -2.42. The second kappa shape index (κ2) is 6.24. The van der Waals surface area contributed by atoms with Gasteiger partial charge in [-0.3, -0.25) is 9.59 Å². The summed E-state index contributed by atoms with van der Waals surface area (Å²) < 4.78 is 18.4. The Balaban J connectivity index is 1.85. The van der Waals surface area contributed by atoms with Gasteiger partial charge in [-0.2, -0.15) is 0 Å². The number of piperidine rings is 1. The summed E-state index contributed by atoms with van der Waals surface area (Å²) >= 11 is 0. The maximum atomic E-state index is 13.0. The Morgan fingerprint density at radius 1 is 1.22 bits per heavy atom. The molecule has 120 valence electrons. The number of likely N-dealkylation sites (tertiary alicyclic amines) is 1. The first-order valence-corrected chi connectivity index (χ1v) is 7.42. The second-order valence-electron chi connectivity index (χ2n) is 5.60. The molecule has 1 atom stereocenters. The lowest BCUT2D eigenvalue weighted by molar-refractivity contribution is -0.143. The predicted octanol–water partition coefficient (Wildman–Crippen LogP) is 3.02. The number of rotatable bonds is 3. The lowest BCUT2D eigenvalue weighted by Gasteiger charge is -2.30. The molecule has 2 aromatic rings. The van der Waals surface area contributed by atoms with Gasteiger partial charge >= 0.3 is 5.97 Å². The molecule has 0 spiro atoms. The zero-order chi connectivity index (χ0) is 16.4. The molecule has 5 nitrogen and oxygen atoms in total. The molecule has 1 amide bonds. The first kappa shape index (κ1) is 15.3. The normalized spacial score (nSPS) is 18.0. The van der Waals surface area contributed by atoms with E-state index in [0.29, 0.717) is 30.5 Å². The largest absolute Gasteiger partial charge is 0.481 e. The van der Waals surface area contributed by atoms with Crippen molar-refractivity contribution in [3.63, 3.8) is 0 Å². The fourth-order valence-corrected chi connectivity index (χ4v) is 2.84. The van der Waals surface area contributed by atoms with Crippen LogP contribution in [0.4, 0.5) is 4.39 Å². The summed E-state index contributed by atoms with van der Waals surface area (Å²) in [4.78, 5) is 25.3. The second-order valence-corrected chi connectivity index (χ2v) is 5.60. The molecule has 1 fully saturated rings. The molecule has 1 aliphatic rings. The van der Waals surface area contributed by atoms with E-state index < -0.39 is 11.9 Å². The first-order chi connectivity index (χ1) is 11.1. The topological polar surface area (TPSA) is 70.8 Å². The molecule has 0 saturated carbocycles. The Morgan fingerprint density at radius 3 is 2.65 bits per heavy atom. The SMILES string of the molecule is O=C(O)[C@@H]1CCCN(C(=O)c2occc2-c2ccc(F)cc2)C1. The van der Waals surface area contributed by atoms with Gasteiger partial charge in [0.15, 0.2) is 5.76 Å².